The van der Waals surface area contributed by atoms with E-state index in [-0.39, 0.29) is 5.41 Å². The Morgan fingerprint density at radius 1 is 0.955 bits per heavy atom. The maximum Gasteiger partial charge on any atom is 0.126 e. The quantitative estimate of drug-likeness (QED) is 0.793. The lowest BCUT2D eigenvalue weighted by atomic mass is 9.71. The van der Waals surface area contributed by atoms with E-state index in [9.17, 15) is 8.78 Å². The SMILES string of the molecule is Fc1cc(F)cc(C2(Cn3ccnc3)CCCCCCC2)c1. The van der Waals surface area contributed by atoms with Crippen LogP contribution in [0.2, 0.25) is 0 Å². The molecule has 2 nitrogen and oxygen atoms in total. The summed E-state index contributed by atoms with van der Waals surface area (Å²) in [5.74, 6) is -0.968. The van der Waals surface area contributed by atoms with E-state index in [2.05, 4.69) is 4.98 Å². The van der Waals surface area contributed by atoms with Gasteiger partial charge in [-0.05, 0) is 30.5 Å². The first-order chi connectivity index (χ1) is 10.7. The van der Waals surface area contributed by atoms with Crippen LogP contribution in [-0.4, -0.2) is 9.55 Å². The molecule has 1 fully saturated rings. The summed E-state index contributed by atoms with van der Waals surface area (Å²) < 4.78 is 29.5. The molecule has 1 saturated carbocycles. The molecule has 2 aromatic rings. The lowest BCUT2D eigenvalue weighted by Gasteiger charge is -2.36. The van der Waals surface area contributed by atoms with Crippen molar-refractivity contribution in [2.24, 2.45) is 0 Å². The predicted octanol–water partition coefficient (Wildman–Crippen LogP) is 4.84. The molecule has 0 N–H and O–H groups in total. The minimum Gasteiger partial charge on any atom is -0.337 e. The summed E-state index contributed by atoms with van der Waals surface area (Å²) in [6, 6.07) is 3.99. The smallest absolute Gasteiger partial charge is 0.126 e. The third-order valence-electron chi connectivity index (χ3n) is 4.83. The van der Waals surface area contributed by atoms with Crippen molar-refractivity contribution in [3.63, 3.8) is 0 Å². The van der Waals surface area contributed by atoms with Crippen molar-refractivity contribution >= 4 is 0 Å². The largest absolute Gasteiger partial charge is 0.337 e. The Bertz CT molecular complexity index is 579. The summed E-state index contributed by atoms with van der Waals surface area (Å²) in [4.78, 5) is 4.10. The summed E-state index contributed by atoms with van der Waals surface area (Å²) in [6.45, 7) is 0.732. The molecule has 0 aliphatic heterocycles. The fourth-order valence-corrected chi connectivity index (χ4v) is 3.71. The number of rotatable bonds is 3. The van der Waals surface area contributed by atoms with Gasteiger partial charge < -0.3 is 4.57 Å². The van der Waals surface area contributed by atoms with Gasteiger partial charge in [-0.25, -0.2) is 13.8 Å². The molecule has 0 unspecified atom stereocenters. The summed E-state index contributed by atoms with van der Waals surface area (Å²) >= 11 is 0. The Labute approximate surface area is 130 Å². The van der Waals surface area contributed by atoms with Gasteiger partial charge in [-0.2, -0.15) is 0 Å². The second-order valence-corrected chi connectivity index (χ2v) is 6.44. The molecule has 1 heterocycles. The summed E-state index contributed by atoms with van der Waals surface area (Å²) in [6.07, 6.45) is 13.3. The fourth-order valence-electron chi connectivity index (χ4n) is 3.71. The Kier molecular flexibility index (Phi) is 4.55. The number of hydrogen-bond donors (Lipinski definition) is 0. The van der Waals surface area contributed by atoms with E-state index >= 15 is 0 Å². The molecule has 1 aromatic heterocycles. The van der Waals surface area contributed by atoms with Crippen LogP contribution in [0.3, 0.4) is 0 Å². The molecular formula is C18H22F2N2. The molecule has 3 rings (SSSR count). The zero-order valence-electron chi connectivity index (χ0n) is 12.8. The predicted molar refractivity (Wildman–Crippen MR) is 82.6 cm³/mol. The van der Waals surface area contributed by atoms with Gasteiger partial charge in [0, 0.05) is 30.4 Å². The molecule has 1 aliphatic rings. The van der Waals surface area contributed by atoms with Gasteiger partial charge >= 0.3 is 0 Å². The standard InChI is InChI=1S/C18H22F2N2/c19-16-10-15(11-17(20)12-16)18(13-22-9-8-21-14-22)6-4-2-1-3-5-7-18/h8-12,14H,1-7,13H2. The summed E-state index contributed by atoms with van der Waals surface area (Å²) in [5.41, 5.74) is 0.588. The molecule has 0 bridgehead atoms. The lowest BCUT2D eigenvalue weighted by Crippen LogP contribution is -2.32. The van der Waals surface area contributed by atoms with E-state index < -0.39 is 11.6 Å². The second kappa shape index (κ2) is 6.59. The maximum atomic E-state index is 13.8. The second-order valence-electron chi connectivity index (χ2n) is 6.44. The minimum atomic E-state index is -0.484. The highest BCUT2D eigenvalue weighted by Gasteiger charge is 2.33. The van der Waals surface area contributed by atoms with Gasteiger partial charge in [0.2, 0.25) is 0 Å². The molecule has 118 valence electrons. The average molecular weight is 304 g/mol. The first-order valence-corrected chi connectivity index (χ1v) is 8.10. The normalized spacial score (nSPS) is 18.6. The highest BCUT2D eigenvalue weighted by Crippen LogP contribution is 2.39. The minimum absolute atomic E-state index is 0.204. The molecule has 4 heteroatoms. The van der Waals surface area contributed by atoms with Crippen molar-refractivity contribution in [1.29, 1.82) is 0 Å². The first-order valence-electron chi connectivity index (χ1n) is 8.10. The van der Waals surface area contributed by atoms with Crippen LogP contribution < -0.4 is 0 Å². The lowest BCUT2D eigenvalue weighted by molar-refractivity contribution is 0.273. The van der Waals surface area contributed by atoms with Crippen molar-refractivity contribution in [3.8, 4) is 0 Å². The molecule has 1 aromatic carbocycles. The van der Waals surface area contributed by atoms with Gasteiger partial charge in [-0.3, -0.25) is 0 Å². The van der Waals surface area contributed by atoms with Crippen molar-refractivity contribution in [1.82, 2.24) is 9.55 Å². The fraction of sp³-hybridized carbons (Fsp3) is 0.500. The van der Waals surface area contributed by atoms with Crippen LogP contribution in [0.1, 0.15) is 50.5 Å². The zero-order valence-corrected chi connectivity index (χ0v) is 12.8. The highest BCUT2D eigenvalue weighted by atomic mass is 19.1. The maximum absolute atomic E-state index is 13.8. The van der Waals surface area contributed by atoms with Gasteiger partial charge in [0.15, 0.2) is 0 Å². The van der Waals surface area contributed by atoms with E-state index in [1.54, 1.807) is 12.5 Å². The number of nitrogens with zero attached hydrogens (tertiary/aromatic N) is 2. The van der Waals surface area contributed by atoms with Crippen LogP contribution in [0, 0.1) is 11.6 Å². The molecular weight excluding hydrogens is 282 g/mol. The third-order valence-corrected chi connectivity index (χ3v) is 4.83. The van der Waals surface area contributed by atoms with E-state index in [0.717, 1.165) is 43.9 Å². The molecule has 0 amide bonds. The number of hydrogen-bond acceptors (Lipinski definition) is 1. The van der Waals surface area contributed by atoms with Gasteiger partial charge in [-0.15, -0.1) is 0 Å². The van der Waals surface area contributed by atoms with Gasteiger partial charge in [0.05, 0.1) is 6.33 Å². The van der Waals surface area contributed by atoms with Gasteiger partial charge in [0.1, 0.15) is 11.6 Å². The van der Waals surface area contributed by atoms with E-state index in [1.165, 1.54) is 31.4 Å². The molecule has 0 radical (unpaired) electrons. The van der Waals surface area contributed by atoms with Crippen LogP contribution in [0.25, 0.3) is 0 Å². The van der Waals surface area contributed by atoms with Gasteiger partial charge in [0.25, 0.3) is 0 Å². The molecule has 22 heavy (non-hydrogen) atoms. The molecule has 0 atom stereocenters. The van der Waals surface area contributed by atoms with Gasteiger partial charge in [-0.1, -0.05) is 32.1 Å². The van der Waals surface area contributed by atoms with Crippen LogP contribution in [0.5, 0.6) is 0 Å². The van der Waals surface area contributed by atoms with Crippen molar-refractivity contribution in [2.75, 3.05) is 0 Å². The Morgan fingerprint density at radius 2 is 1.59 bits per heavy atom. The topological polar surface area (TPSA) is 17.8 Å². The monoisotopic (exact) mass is 304 g/mol. The van der Waals surface area contributed by atoms with E-state index in [0.29, 0.717) is 0 Å². The molecule has 0 saturated heterocycles. The van der Waals surface area contributed by atoms with Crippen LogP contribution in [0.4, 0.5) is 8.78 Å². The Balaban J connectivity index is 1.99. The molecule has 1 aliphatic carbocycles. The van der Waals surface area contributed by atoms with E-state index in [1.807, 2.05) is 10.8 Å². The number of imidazole rings is 1. The molecule has 0 spiro atoms. The van der Waals surface area contributed by atoms with Crippen LogP contribution in [-0.2, 0) is 12.0 Å². The third kappa shape index (κ3) is 3.37. The number of halogens is 2. The van der Waals surface area contributed by atoms with E-state index in [4.69, 9.17) is 0 Å². The summed E-state index contributed by atoms with van der Waals surface area (Å²) in [7, 11) is 0. The van der Waals surface area contributed by atoms with Crippen LogP contribution in [0.15, 0.2) is 36.9 Å². The Morgan fingerprint density at radius 3 is 2.18 bits per heavy atom. The number of benzene rings is 1. The first kappa shape index (κ1) is 15.2. The van der Waals surface area contributed by atoms with Crippen molar-refractivity contribution in [2.45, 2.75) is 56.9 Å². The van der Waals surface area contributed by atoms with Crippen molar-refractivity contribution in [3.05, 3.63) is 54.1 Å². The highest BCUT2D eigenvalue weighted by molar-refractivity contribution is 5.27. The van der Waals surface area contributed by atoms with Crippen LogP contribution >= 0.6 is 0 Å². The summed E-state index contributed by atoms with van der Waals surface area (Å²) in [5, 5.41) is 0. The van der Waals surface area contributed by atoms with Crippen molar-refractivity contribution < 1.29 is 8.78 Å². The number of aromatic nitrogens is 2. The zero-order chi connectivity index (χ0) is 15.4. The Hall–Kier alpha value is -1.71. The average Bonchev–Trinajstić information content (AvgIpc) is 2.93.